The topological polar surface area (TPSA) is 93.1 Å². The molecule has 7 nitrogen and oxygen atoms in total. The molecule has 4 rings (SSSR count). The molecule has 0 saturated carbocycles. The van der Waals surface area contributed by atoms with Gasteiger partial charge in [0.15, 0.2) is 5.69 Å². The van der Waals surface area contributed by atoms with E-state index in [1.54, 1.807) is 61.5 Å². The number of para-hydroxylation sites is 1. The van der Waals surface area contributed by atoms with E-state index in [1.165, 1.54) is 10.7 Å². The second-order valence-corrected chi connectivity index (χ2v) is 8.15. The SMILES string of the molecule is Cc1cccc(NC(=O)c2ccccc2NC(=O)c2nn(-c3ccc(Cl)cc3)c(C)cc2=O)c1. The Morgan fingerprint density at radius 2 is 1.59 bits per heavy atom. The number of carbonyl (C=O) groups excluding carboxylic acids is 2. The highest BCUT2D eigenvalue weighted by Gasteiger charge is 2.19. The molecule has 4 aromatic rings. The standard InChI is InChI=1S/C26H21ClN4O3/c1-16-6-5-7-19(14-16)28-25(33)21-8-3-4-9-22(21)29-26(34)24-23(32)15-17(2)31(30-24)20-12-10-18(27)11-13-20/h3-15H,1-2H3,(H,28,33)(H,29,34). The van der Waals surface area contributed by atoms with E-state index in [2.05, 4.69) is 15.7 Å². The summed E-state index contributed by atoms with van der Waals surface area (Å²) in [5.41, 5.74) is 2.53. The summed E-state index contributed by atoms with van der Waals surface area (Å²) in [5, 5.41) is 10.3. The first kappa shape index (κ1) is 22.9. The average Bonchev–Trinajstić information content (AvgIpc) is 2.80. The van der Waals surface area contributed by atoms with Gasteiger partial charge in [-0.2, -0.15) is 5.10 Å². The van der Waals surface area contributed by atoms with Crippen LogP contribution in [0.1, 0.15) is 32.1 Å². The van der Waals surface area contributed by atoms with Gasteiger partial charge >= 0.3 is 0 Å². The van der Waals surface area contributed by atoms with Gasteiger partial charge in [-0.3, -0.25) is 14.4 Å². The molecule has 0 radical (unpaired) electrons. The third-order valence-electron chi connectivity index (χ3n) is 5.09. The highest BCUT2D eigenvalue weighted by molar-refractivity contribution is 6.30. The Labute approximate surface area is 201 Å². The number of anilines is 2. The average molecular weight is 473 g/mol. The molecule has 0 aliphatic heterocycles. The maximum absolute atomic E-state index is 13.0. The van der Waals surface area contributed by atoms with Crippen molar-refractivity contribution >= 4 is 34.8 Å². The van der Waals surface area contributed by atoms with Crippen molar-refractivity contribution in [1.29, 1.82) is 0 Å². The fourth-order valence-corrected chi connectivity index (χ4v) is 3.57. The number of nitrogens with one attached hydrogen (secondary N) is 2. The number of nitrogens with zero attached hydrogens (tertiary/aromatic N) is 2. The second kappa shape index (κ2) is 9.72. The van der Waals surface area contributed by atoms with Gasteiger partial charge in [0.05, 0.1) is 16.9 Å². The molecule has 0 unspecified atom stereocenters. The summed E-state index contributed by atoms with van der Waals surface area (Å²) in [6.07, 6.45) is 0. The summed E-state index contributed by atoms with van der Waals surface area (Å²) in [7, 11) is 0. The van der Waals surface area contributed by atoms with Crippen molar-refractivity contribution in [3.63, 3.8) is 0 Å². The first-order valence-corrected chi connectivity index (χ1v) is 10.8. The lowest BCUT2D eigenvalue weighted by molar-refractivity contribution is 0.101. The molecule has 0 saturated heterocycles. The van der Waals surface area contributed by atoms with Gasteiger partial charge < -0.3 is 10.6 Å². The van der Waals surface area contributed by atoms with Crippen molar-refractivity contribution in [3.05, 3.63) is 117 Å². The molecule has 2 amide bonds. The zero-order chi connectivity index (χ0) is 24.2. The number of benzene rings is 3. The molecule has 2 N–H and O–H groups in total. The summed E-state index contributed by atoms with van der Waals surface area (Å²) in [6, 6.07) is 22.2. The fraction of sp³-hybridized carbons (Fsp3) is 0.0769. The molecular weight excluding hydrogens is 452 g/mol. The summed E-state index contributed by atoms with van der Waals surface area (Å²) >= 11 is 5.96. The van der Waals surface area contributed by atoms with Crippen LogP contribution in [0, 0.1) is 13.8 Å². The van der Waals surface area contributed by atoms with Gasteiger partial charge in [-0.1, -0.05) is 35.9 Å². The van der Waals surface area contributed by atoms with Crippen LogP contribution in [0.15, 0.2) is 83.7 Å². The monoisotopic (exact) mass is 472 g/mol. The molecule has 0 bridgehead atoms. The van der Waals surface area contributed by atoms with E-state index in [9.17, 15) is 14.4 Å². The van der Waals surface area contributed by atoms with Crippen molar-refractivity contribution in [1.82, 2.24) is 9.78 Å². The summed E-state index contributed by atoms with van der Waals surface area (Å²) < 4.78 is 1.49. The zero-order valence-electron chi connectivity index (χ0n) is 18.5. The quantitative estimate of drug-likeness (QED) is 0.427. The normalized spacial score (nSPS) is 10.6. The van der Waals surface area contributed by atoms with Gasteiger partial charge in [-0.05, 0) is 67.9 Å². The number of halogens is 1. The van der Waals surface area contributed by atoms with E-state index >= 15 is 0 Å². The molecule has 170 valence electrons. The van der Waals surface area contributed by atoms with Crippen LogP contribution in [0.5, 0.6) is 0 Å². The summed E-state index contributed by atoms with van der Waals surface area (Å²) in [6.45, 7) is 3.64. The second-order valence-electron chi connectivity index (χ2n) is 7.71. The Morgan fingerprint density at radius 3 is 2.32 bits per heavy atom. The molecule has 3 aromatic carbocycles. The fourth-order valence-electron chi connectivity index (χ4n) is 3.44. The van der Waals surface area contributed by atoms with Crippen LogP contribution in [0.3, 0.4) is 0 Å². The molecular formula is C26H21ClN4O3. The van der Waals surface area contributed by atoms with Gasteiger partial charge in [-0.25, -0.2) is 4.68 Å². The van der Waals surface area contributed by atoms with E-state index in [-0.39, 0.29) is 16.9 Å². The number of carbonyl (C=O) groups is 2. The number of aryl methyl sites for hydroxylation is 2. The minimum atomic E-state index is -0.719. The molecule has 8 heteroatoms. The van der Waals surface area contributed by atoms with Crippen molar-refractivity contribution in [2.24, 2.45) is 0 Å². The molecule has 0 spiro atoms. The zero-order valence-corrected chi connectivity index (χ0v) is 19.3. The van der Waals surface area contributed by atoms with Crippen LogP contribution in [0.2, 0.25) is 5.02 Å². The lowest BCUT2D eigenvalue weighted by atomic mass is 10.1. The van der Waals surface area contributed by atoms with E-state index < -0.39 is 17.2 Å². The maximum Gasteiger partial charge on any atom is 0.280 e. The van der Waals surface area contributed by atoms with E-state index in [0.717, 1.165) is 5.56 Å². The molecule has 0 aliphatic carbocycles. The van der Waals surface area contributed by atoms with E-state index in [4.69, 9.17) is 11.6 Å². The predicted octanol–water partition coefficient (Wildman–Crippen LogP) is 5.01. The molecule has 1 heterocycles. The lowest BCUT2D eigenvalue weighted by Gasteiger charge is -2.13. The molecule has 34 heavy (non-hydrogen) atoms. The van der Waals surface area contributed by atoms with Crippen LogP contribution in [0.4, 0.5) is 11.4 Å². The van der Waals surface area contributed by atoms with Gasteiger partial charge in [0.1, 0.15) is 0 Å². The third-order valence-corrected chi connectivity index (χ3v) is 5.34. The van der Waals surface area contributed by atoms with Crippen LogP contribution in [0.25, 0.3) is 5.69 Å². The highest BCUT2D eigenvalue weighted by Crippen LogP contribution is 2.19. The van der Waals surface area contributed by atoms with Gasteiger partial charge in [-0.15, -0.1) is 0 Å². The van der Waals surface area contributed by atoms with E-state index in [0.29, 0.717) is 22.1 Å². The van der Waals surface area contributed by atoms with Gasteiger partial charge in [0, 0.05) is 22.5 Å². The van der Waals surface area contributed by atoms with Crippen molar-refractivity contribution in [3.8, 4) is 5.69 Å². The summed E-state index contributed by atoms with van der Waals surface area (Å²) in [5.74, 6) is -1.11. The number of aromatic nitrogens is 2. The Hall–Kier alpha value is -4.23. The molecule has 0 atom stereocenters. The molecule has 0 fully saturated rings. The predicted molar refractivity (Wildman–Crippen MR) is 133 cm³/mol. The highest BCUT2D eigenvalue weighted by atomic mass is 35.5. The Bertz CT molecular complexity index is 1450. The van der Waals surface area contributed by atoms with Crippen molar-refractivity contribution in [2.45, 2.75) is 13.8 Å². The smallest absolute Gasteiger partial charge is 0.280 e. The van der Waals surface area contributed by atoms with Crippen LogP contribution in [-0.4, -0.2) is 21.6 Å². The minimum absolute atomic E-state index is 0.252. The Kier molecular flexibility index (Phi) is 6.56. The molecule has 0 aliphatic rings. The van der Waals surface area contributed by atoms with E-state index in [1.807, 2.05) is 25.1 Å². The van der Waals surface area contributed by atoms with Crippen molar-refractivity contribution < 1.29 is 9.59 Å². The number of amides is 2. The van der Waals surface area contributed by atoms with Crippen LogP contribution in [-0.2, 0) is 0 Å². The van der Waals surface area contributed by atoms with Gasteiger partial charge in [0.25, 0.3) is 11.8 Å². The maximum atomic E-state index is 13.0. The van der Waals surface area contributed by atoms with Crippen LogP contribution < -0.4 is 16.1 Å². The summed E-state index contributed by atoms with van der Waals surface area (Å²) in [4.78, 5) is 38.5. The van der Waals surface area contributed by atoms with Crippen LogP contribution >= 0.6 is 11.6 Å². The Balaban J connectivity index is 1.62. The molecule has 1 aromatic heterocycles. The van der Waals surface area contributed by atoms with Gasteiger partial charge in [0.2, 0.25) is 5.43 Å². The van der Waals surface area contributed by atoms with Crippen molar-refractivity contribution in [2.75, 3.05) is 10.6 Å². The Morgan fingerprint density at radius 1 is 0.853 bits per heavy atom. The first-order valence-electron chi connectivity index (χ1n) is 10.5. The minimum Gasteiger partial charge on any atom is -0.322 e. The largest absolute Gasteiger partial charge is 0.322 e. The number of rotatable bonds is 5. The number of hydrogen-bond donors (Lipinski definition) is 2. The third kappa shape index (κ3) is 5.05. The lowest BCUT2D eigenvalue weighted by Crippen LogP contribution is -2.27. The first-order chi connectivity index (χ1) is 16.3. The number of hydrogen-bond acceptors (Lipinski definition) is 4.